The van der Waals surface area contributed by atoms with Crippen molar-refractivity contribution in [3.05, 3.63) is 28.4 Å². The average molecular weight is 301 g/mol. The van der Waals surface area contributed by atoms with Gasteiger partial charge in [-0.05, 0) is 23.3 Å². The van der Waals surface area contributed by atoms with Crippen molar-refractivity contribution < 1.29 is 9.72 Å². The first-order chi connectivity index (χ1) is 9.15. The quantitative estimate of drug-likeness (QED) is 0.344. The number of carbonyl (C=O) groups excluding carboxylic acids is 1. The standard InChI is InChI=1S/C11H15N3O3S2/c1-2-6-12-10(15)5-8-18-19-11-9(14(16)17)4-3-7-13-11/h3-4,7H,2,5-6,8H2,1H3,(H,12,15). The molecule has 1 N–H and O–H groups in total. The highest BCUT2D eigenvalue weighted by atomic mass is 33.1. The van der Waals surface area contributed by atoms with Crippen LogP contribution in [0, 0.1) is 10.1 Å². The second-order valence-electron chi connectivity index (χ2n) is 3.59. The first-order valence-corrected chi connectivity index (χ1v) is 8.12. The second kappa shape index (κ2) is 8.76. The highest BCUT2D eigenvalue weighted by Crippen LogP contribution is 2.35. The number of nitrogens with zero attached hydrogens (tertiary/aromatic N) is 2. The molecule has 104 valence electrons. The van der Waals surface area contributed by atoms with Crippen LogP contribution in [0.2, 0.25) is 0 Å². The Bertz CT molecular complexity index is 443. The third kappa shape index (κ3) is 5.93. The molecule has 0 saturated heterocycles. The number of amides is 1. The molecule has 0 aliphatic carbocycles. The molecule has 0 unspecified atom stereocenters. The van der Waals surface area contributed by atoms with Crippen LogP contribution in [-0.4, -0.2) is 28.1 Å². The van der Waals surface area contributed by atoms with Gasteiger partial charge in [0, 0.05) is 31.0 Å². The summed E-state index contributed by atoms with van der Waals surface area (Å²) in [6, 6.07) is 2.95. The first-order valence-electron chi connectivity index (χ1n) is 5.80. The number of hydrogen-bond acceptors (Lipinski definition) is 6. The van der Waals surface area contributed by atoms with E-state index >= 15 is 0 Å². The molecule has 0 aliphatic heterocycles. The molecule has 1 amide bonds. The van der Waals surface area contributed by atoms with Crippen LogP contribution in [0.1, 0.15) is 19.8 Å². The van der Waals surface area contributed by atoms with Crippen LogP contribution in [0.3, 0.4) is 0 Å². The van der Waals surface area contributed by atoms with E-state index in [0.717, 1.165) is 6.42 Å². The summed E-state index contributed by atoms with van der Waals surface area (Å²) in [7, 11) is 2.61. The van der Waals surface area contributed by atoms with Crippen molar-refractivity contribution in [2.45, 2.75) is 24.8 Å². The summed E-state index contributed by atoms with van der Waals surface area (Å²) in [6.07, 6.45) is 2.83. The van der Waals surface area contributed by atoms with E-state index in [9.17, 15) is 14.9 Å². The molecule has 0 spiro atoms. The highest BCUT2D eigenvalue weighted by molar-refractivity contribution is 8.76. The van der Waals surface area contributed by atoms with E-state index in [-0.39, 0.29) is 11.6 Å². The molecule has 0 fully saturated rings. The number of rotatable bonds is 8. The fraction of sp³-hybridized carbons (Fsp3) is 0.455. The molecule has 0 aliphatic rings. The topological polar surface area (TPSA) is 85.1 Å². The molecule has 0 radical (unpaired) electrons. The lowest BCUT2D eigenvalue weighted by Crippen LogP contribution is -2.23. The summed E-state index contributed by atoms with van der Waals surface area (Å²) in [4.78, 5) is 25.6. The third-order valence-corrected chi connectivity index (χ3v) is 4.36. The van der Waals surface area contributed by atoms with Crippen LogP contribution in [0.15, 0.2) is 23.4 Å². The smallest absolute Gasteiger partial charge is 0.302 e. The van der Waals surface area contributed by atoms with E-state index in [2.05, 4.69) is 10.3 Å². The number of aromatic nitrogens is 1. The van der Waals surface area contributed by atoms with E-state index in [0.29, 0.717) is 23.7 Å². The number of carbonyl (C=O) groups is 1. The van der Waals surface area contributed by atoms with Gasteiger partial charge in [0.25, 0.3) is 0 Å². The lowest BCUT2D eigenvalue weighted by atomic mass is 10.4. The molecule has 0 aromatic carbocycles. The molecular formula is C11H15N3O3S2. The maximum atomic E-state index is 11.3. The van der Waals surface area contributed by atoms with E-state index in [1.54, 1.807) is 0 Å². The lowest BCUT2D eigenvalue weighted by Gasteiger charge is -2.03. The zero-order chi connectivity index (χ0) is 14.1. The Morgan fingerprint density at radius 2 is 2.37 bits per heavy atom. The van der Waals surface area contributed by atoms with E-state index in [4.69, 9.17) is 0 Å². The van der Waals surface area contributed by atoms with Gasteiger partial charge < -0.3 is 5.32 Å². The Kier molecular flexibility index (Phi) is 7.27. The minimum Gasteiger partial charge on any atom is -0.356 e. The summed E-state index contributed by atoms with van der Waals surface area (Å²) >= 11 is 0. The van der Waals surface area contributed by atoms with Crippen LogP contribution in [-0.2, 0) is 4.79 Å². The maximum absolute atomic E-state index is 11.3. The zero-order valence-corrected chi connectivity index (χ0v) is 12.1. The van der Waals surface area contributed by atoms with Gasteiger partial charge in [-0.15, -0.1) is 0 Å². The summed E-state index contributed by atoms with van der Waals surface area (Å²) in [6.45, 7) is 2.67. The van der Waals surface area contributed by atoms with Crippen LogP contribution in [0.25, 0.3) is 0 Å². The van der Waals surface area contributed by atoms with Crippen molar-refractivity contribution >= 4 is 33.2 Å². The van der Waals surface area contributed by atoms with Gasteiger partial charge in [-0.2, -0.15) is 0 Å². The molecular weight excluding hydrogens is 286 g/mol. The summed E-state index contributed by atoms with van der Waals surface area (Å²) in [5.41, 5.74) is -0.00423. The Balaban J connectivity index is 2.33. The van der Waals surface area contributed by atoms with Crippen LogP contribution in [0.5, 0.6) is 0 Å². The van der Waals surface area contributed by atoms with Crippen molar-refractivity contribution in [1.29, 1.82) is 0 Å². The van der Waals surface area contributed by atoms with Gasteiger partial charge in [-0.25, -0.2) is 4.98 Å². The summed E-state index contributed by atoms with van der Waals surface area (Å²) in [5, 5.41) is 13.9. The van der Waals surface area contributed by atoms with Gasteiger partial charge in [-0.1, -0.05) is 17.7 Å². The second-order valence-corrected chi connectivity index (χ2v) is 5.99. The molecule has 1 heterocycles. The average Bonchev–Trinajstić information content (AvgIpc) is 2.41. The van der Waals surface area contributed by atoms with E-state index in [1.807, 2.05) is 6.92 Å². The Morgan fingerprint density at radius 1 is 1.58 bits per heavy atom. The molecule has 19 heavy (non-hydrogen) atoms. The molecule has 0 atom stereocenters. The zero-order valence-electron chi connectivity index (χ0n) is 10.5. The predicted molar refractivity (Wildman–Crippen MR) is 77.1 cm³/mol. The fourth-order valence-electron chi connectivity index (χ4n) is 1.17. The van der Waals surface area contributed by atoms with Gasteiger partial charge in [0.2, 0.25) is 5.91 Å². The van der Waals surface area contributed by atoms with Crippen molar-refractivity contribution in [3.8, 4) is 0 Å². The minimum absolute atomic E-state index is 0.00423. The van der Waals surface area contributed by atoms with Gasteiger partial charge in [0.1, 0.15) is 0 Å². The number of pyridine rings is 1. The fourth-order valence-corrected chi connectivity index (χ4v) is 3.19. The Morgan fingerprint density at radius 3 is 3.05 bits per heavy atom. The largest absolute Gasteiger partial charge is 0.356 e. The third-order valence-electron chi connectivity index (χ3n) is 2.07. The minimum atomic E-state index is -0.455. The van der Waals surface area contributed by atoms with Gasteiger partial charge in [0.15, 0.2) is 5.03 Å². The van der Waals surface area contributed by atoms with Gasteiger partial charge in [0.05, 0.1) is 4.92 Å². The van der Waals surface area contributed by atoms with Crippen LogP contribution < -0.4 is 5.32 Å². The number of nitrogens with one attached hydrogen (secondary N) is 1. The lowest BCUT2D eigenvalue weighted by molar-refractivity contribution is -0.388. The molecule has 0 saturated carbocycles. The SMILES string of the molecule is CCCNC(=O)CCSSc1ncccc1[N+](=O)[O-]. The monoisotopic (exact) mass is 301 g/mol. The maximum Gasteiger partial charge on any atom is 0.302 e. The first kappa shape index (κ1) is 15.8. The Hall–Kier alpha value is -1.28. The number of hydrogen-bond donors (Lipinski definition) is 1. The van der Waals surface area contributed by atoms with Crippen molar-refractivity contribution in [1.82, 2.24) is 10.3 Å². The van der Waals surface area contributed by atoms with Crippen molar-refractivity contribution in [2.75, 3.05) is 12.3 Å². The van der Waals surface area contributed by atoms with E-state index < -0.39 is 4.92 Å². The molecule has 1 aromatic heterocycles. The van der Waals surface area contributed by atoms with Crippen molar-refractivity contribution in [3.63, 3.8) is 0 Å². The van der Waals surface area contributed by atoms with Crippen molar-refractivity contribution in [2.24, 2.45) is 0 Å². The van der Waals surface area contributed by atoms with Gasteiger partial charge in [-0.3, -0.25) is 14.9 Å². The summed E-state index contributed by atoms with van der Waals surface area (Å²) < 4.78 is 0. The molecule has 0 bridgehead atoms. The molecule has 8 heteroatoms. The van der Waals surface area contributed by atoms with Gasteiger partial charge >= 0.3 is 5.69 Å². The normalized spacial score (nSPS) is 10.2. The van der Waals surface area contributed by atoms with Crippen LogP contribution >= 0.6 is 21.6 Å². The Labute approximate surface area is 119 Å². The molecule has 1 rings (SSSR count). The number of nitro groups is 1. The molecule has 6 nitrogen and oxygen atoms in total. The van der Waals surface area contributed by atoms with Crippen LogP contribution in [0.4, 0.5) is 5.69 Å². The predicted octanol–water partition coefficient (Wildman–Crippen LogP) is 2.65. The molecule has 1 aromatic rings. The summed E-state index contributed by atoms with van der Waals surface area (Å²) in [5.74, 6) is 0.596. The highest BCUT2D eigenvalue weighted by Gasteiger charge is 2.14. The van der Waals surface area contributed by atoms with E-state index in [1.165, 1.54) is 39.9 Å².